The summed E-state index contributed by atoms with van der Waals surface area (Å²) in [5.41, 5.74) is 4.79. The molecule has 3 fully saturated rings. The number of nitrogens with one attached hydrogen (secondary N) is 2. The number of aliphatic hydroxyl groups is 1. The summed E-state index contributed by atoms with van der Waals surface area (Å²) >= 11 is 0. The zero-order valence-electron chi connectivity index (χ0n) is 21.7. The zero-order chi connectivity index (χ0) is 24.6. The summed E-state index contributed by atoms with van der Waals surface area (Å²) in [7, 11) is 0. The molecule has 2 aromatic heterocycles. The highest BCUT2D eigenvalue weighted by atomic mass is 16.3. The Kier molecular flexibility index (Phi) is 6.71. The lowest BCUT2D eigenvalue weighted by Gasteiger charge is -2.27. The van der Waals surface area contributed by atoms with E-state index in [1.807, 2.05) is 6.20 Å². The predicted octanol–water partition coefficient (Wildman–Crippen LogP) is 4.72. The Morgan fingerprint density at radius 1 is 1.14 bits per heavy atom. The van der Waals surface area contributed by atoms with Crippen molar-refractivity contribution in [2.75, 3.05) is 18.4 Å². The number of benzene rings is 1. The number of piperazine rings is 1. The van der Waals surface area contributed by atoms with Crippen molar-refractivity contribution >= 4 is 17.0 Å². The summed E-state index contributed by atoms with van der Waals surface area (Å²) in [6.45, 7) is 7.72. The Morgan fingerprint density at radius 2 is 1.94 bits per heavy atom. The largest absolute Gasteiger partial charge is 0.393 e. The van der Waals surface area contributed by atoms with Crippen LogP contribution in [0.2, 0.25) is 0 Å². The lowest BCUT2D eigenvalue weighted by Crippen LogP contribution is -2.42. The van der Waals surface area contributed by atoms with Crippen molar-refractivity contribution in [2.24, 2.45) is 0 Å². The van der Waals surface area contributed by atoms with E-state index in [1.165, 1.54) is 29.7 Å². The van der Waals surface area contributed by atoms with Gasteiger partial charge in [0.2, 0.25) is 5.95 Å². The first-order valence-electron chi connectivity index (χ1n) is 14.0. The molecule has 2 saturated heterocycles. The molecule has 3 atom stereocenters. The summed E-state index contributed by atoms with van der Waals surface area (Å²) in [5.74, 6) is 0.704. The van der Waals surface area contributed by atoms with Gasteiger partial charge in [-0.1, -0.05) is 37.6 Å². The summed E-state index contributed by atoms with van der Waals surface area (Å²) in [5, 5.41) is 18.3. The Balaban J connectivity index is 1.29. The van der Waals surface area contributed by atoms with Crippen LogP contribution < -0.4 is 10.6 Å². The minimum Gasteiger partial charge on any atom is -0.393 e. The van der Waals surface area contributed by atoms with Gasteiger partial charge in [0.15, 0.2) is 0 Å². The lowest BCUT2D eigenvalue weighted by molar-refractivity contribution is 0.111. The third-order valence-corrected chi connectivity index (χ3v) is 8.55. The number of hydrogen-bond acceptors (Lipinski definition) is 6. The van der Waals surface area contributed by atoms with Crippen molar-refractivity contribution < 1.29 is 5.11 Å². The molecule has 0 amide bonds. The molecule has 0 radical (unpaired) electrons. The fourth-order valence-corrected chi connectivity index (χ4v) is 6.53. The molecule has 1 saturated carbocycles. The van der Waals surface area contributed by atoms with Gasteiger partial charge in [0.25, 0.3) is 0 Å². The van der Waals surface area contributed by atoms with Crippen molar-refractivity contribution in [1.29, 1.82) is 0 Å². The Labute approximate surface area is 214 Å². The van der Waals surface area contributed by atoms with Gasteiger partial charge in [0.05, 0.1) is 6.10 Å². The summed E-state index contributed by atoms with van der Waals surface area (Å²) in [6, 6.07) is 11.2. The average molecular weight is 489 g/mol. The second kappa shape index (κ2) is 10.1. The van der Waals surface area contributed by atoms with Crippen molar-refractivity contribution in [3.63, 3.8) is 0 Å². The number of anilines is 1. The molecule has 2 aliphatic heterocycles. The van der Waals surface area contributed by atoms with Crippen LogP contribution in [-0.2, 0) is 6.54 Å². The zero-order valence-corrected chi connectivity index (χ0v) is 21.7. The van der Waals surface area contributed by atoms with Crippen LogP contribution in [0, 0.1) is 0 Å². The van der Waals surface area contributed by atoms with Crippen LogP contribution in [-0.4, -0.2) is 61.9 Å². The summed E-state index contributed by atoms with van der Waals surface area (Å²) in [4.78, 5) is 12.3. The maximum Gasteiger partial charge on any atom is 0.224 e. The highest BCUT2D eigenvalue weighted by molar-refractivity contribution is 5.94. The first kappa shape index (κ1) is 23.9. The first-order valence-corrected chi connectivity index (χ1v) is 14.0. The molecule has 3 unspecified atom stereocenters. The Morgan fingerprint density at radius 3 is 2.64 bits per heavy atom. The molecule has 7 heteroatoms. The van der Waals surface area contributed by atoms with E-state index in [1.54, 1.807) is 0 Å². The third-order valence-electron chi connectivity index (χ3n) is 8.55. The molecule has 1 aromatic carbocycles. The van der Waals surface area contributed by atoms with Crippen LogP contribution in [0.4, 0.5) is 5.95 Å². The third kappa shape index (κ3) is 4.76. The van der Waals surface area contributed by atoms with E-state index in [0.717, 1.165) is 62.6 Å². The molecular weight excluding hydrogens is 448 g/mol. The minimum absolute atomic E-state index is 0.168. The Hall–Kier alpha value is -2.48. The lowest BCUT2D eigenvalue weighted by atomic mass is 9.93. The van der Waals surface area contributed by atoms with E-state index in [4.69, 9.17) is 9.97 Å². The van der Waals surface area contributed by atoms with Crippen LogP contribution in [0.5, 0.6) is 0 Å². The van der Waals surface area contributed by atoms with Gasteiger partial charge in [-0.3, -0.25) is 4.90 Å². The molecule has 1 aliphatic carbocycles. The van der Waals surface area contributed by atoms with Crippen LogP contribution in [0.15, 0.2) is 36.7 Å². The van der Waals surface area contributed by atoms with Gasteiger partial charge in [-0.15, -0.1) is 0 Å². The van der Waals surface area contributed by atoms with E-state index in [9.17, 15) is 5.11 Å². The number of aromatic nitrogens is 3. The Bertz CT molecular complexity index is 1180. The van der Waals surface area contributed by atoms with Gasteiger partial charge in [0.1, 0.15) is 5.65 Å². The van der Waals surface area contributed by atoms with Gasteiger partial charge in [-0.05, 0) is 56.6 Å². The van der Waals surface area contributed by atoms with E-state index in [-0.39, 0.29) is 6.10 Å². The highest BCUT2D eigenvalue weighted by Gasteiger charge is 2.37. The molecule has 3 N–H and O–H groups in total. The van der Waals surface area contributed by atoms with Gasteiger partial charge >= 0.3 is 0 Å². The van der Waals surface area contributed by atoms with Crippen LogP contribution in [0.25, 0.3) is 22.2 Å². The topological polar surface area (TPSA) is 78.2 Å². The average Bonchev–Trinajstić information content (AvgIpc) is 3.60. The summed E-state index contributed by atoms with van der Waals surface area (Å²) in [6.07, 6.45) is 11.3. The maximum absolute atomic E-state index is 10.1. The van der Waals surface area contributed by atoms with Crippen molar-refractivity contribution in [1.82, 2.24) is 24.8 Å². The SMILES string of the molecule is CCCC(C)Nc1ncc2c(-c3ccc(CN4CC5CC4CN5)cc3)cn(C3CCC(O)CC3)c2n1. The number of likely N-dealkylation sites (tertiary alicyclic amines) is 1. The van der Waals surface area contributed by atoms with Gasteiger partial charge in [-0.25, -0.2) is 4.98 Å². The van der Waals surface area contributed by atoms with E-state index >= 15 is 0 Å². The van der Waals surface area contributed by atoms with Crippen LogP contribution >= 0.6 is 0 Å². The van der Waals surface area contributed by atoms with Gasteiger partial charge < -0.3 is 20.3 Å². The maximum atomic E-state index is 10.1. The molecule has 36 heavy (non-hydrogen) atoms. The quantitative estimate of drug-likeness (QED) is 0.426. The number of hydrogen-bond donors (Lipinski definition) is 3. The fourth-order valence-electron chi connectivity index (χ4n) is 6.53. The van der Waals surface area contributed by atoms with Gasteiger partial charge in [0, 0.05) is 67.1 Å². The van der Waals surface area contributed by atoms with Crippen LogP contribution in [0.1, 0.15) is 70.4 Å². The molecule has 3 aromatic rings. The molecule has 6 rings (SSSR count). The van der Waals surface area contributed by atoms with E-state index in [2.05, 4.69) is 64.4 Å². The first-order chi connectivity index (χ1) is 17.6. The number of rotatable bonds is 8. The van der Waals surface area contributed by atoms with E-state index < -0.39 is 0 Å². The molecule has 2 bridgehead atoms. The predicted molar refractivity (Wildman–Crippen MR) is 145 cm³/mol. The van der Waals surface area contributed by atoms with Crippen molar-refractivity contribution in [3.05, 3.63) is 42.2 Å². The van der Waals surface area contributed by atoms with Crippen molar-refractivity contribution in [3.8, 4) is 11.1 Å². The minimum atomic E-state index is -0.168. The molecular formula is C29H40N6O. The molecule has 0 spiro atoms. The second-order valence-corrected chi connectivity index (χ2v) is 11.3. The molecule has 3 aliphatic rings. The number of aliphatic hydroxyl groups excluding tert-OH is 1. The summed E-state index contributed by atoms with van der Waals surface area (Å²) < 4.78 is 2.36. The molecule has 7 nitrogen and oxygen atoms in total. The smallest absolute Gasteiger partial charge is 0.224 e. The number of fused-ring (bicyclic) bond motifs is 3. The molecule has 4 heterocycles. The number of nitrogens with zero attached hydrogens (tertiary/aromatic N) is 4. The monoisotopic (exact) mass is 488 g/mol. The van der Waals surface area contributed by atoms with Crippen LogP contribution in [0.3, 0.4) is 0 Å². The fraction of sp³-hybridized carbons (Fsp3) is 0.586. The van der Waals surface area contributed by atoms with Gasteiger partial charge in [-0.2, -0.15) is 4.98 Å². The normalized spacial score (nSPS) is 27.1. The van der Waals surface area contributed by atoms with E-state index in [0.29, 0.717) is 30.1 Å². The highest BCUT2D eigenvalue weighted by Crippen LogP contribution is 2.37. The second-order valence-electron chi connectivity index (χ2n) is 11.3. The standard InChI is InChI=1S/C29H40N6O/c1-3-4-19(2)32-29-31-15-26-27(18-35(28(26)33-29)23-9-11-25(36)12-10-23)21-7-5-20(6-8-21)16-34-17-22-13-24(34)14-30-22/h5-8,15,18-19,22-25,30,36H,3-4,9-14,16-17H2,1-2H3,(H,31,32,33). The van der Waals surface area contributed by atoms with Crippen molar-refractivity contribution in [2.45, 2.75) is 95.6 Å². The molecule has 192 valence electrons.